The van der Waals surface area contributed by atoms with Crippen LogP contribution in [0.5, 0.6) is 0 Å². The highest BCUT2D eigenvalue weighted by molar-refractivity contribution is 5.94. The van der Waals surface area contributed by atoms with Crippen molar-refractivity contribution < 1.29 is 4.79 Å². The van der Waals surface area contributed by atoms with Crippen molar-refractivity contribution >= 4 is 11.6 Å². The summed E-state index contributed by atoms with van der Waals surface area (Å²) in [5.74, 6) is 0.0575. The third-order valence-corrected chi connectivity index (χ3v) is 2.97. The number of carbonyl (C=O) groups excluding carboxylic acids is 1. The summed E-state index contributed by atoms with van der Waals surface area (Å²) >= 11 is 0. The Labute approximate surface area is 113 Å². The number of hydrogen-bond acceptors (Lipinski definition) is 2. The summed E-state index contributed by atoms with van der Waals surface area (Å²) in [6.45, 7) is 1.04. The van der Waals surface area contributed by atoms with Crippen LogP contribution in [0.15, 0.2) is 60.7 Å². The van der Waals surface area contributed by atoms with Crippen molar-refractivity contribution in [3.63, 3.8) is 0 Å². The van der Waals surface area contributed by atoms with Crippen molar-refractivity contribution in [1.82, 2.24) is 5.32 Å². The molecule has 0 bridgehead atoms. The highest BCUT2D eigenvalue weighted by atomic mass is 16.2. The molecule has 2 rings (SSSR count). The van der Waals surface area contributed by atoms with Crippen LogP contribution < -0.4 is 10.2 Å². The molecule has 0 saturated carbocycles. The van der Waals surface area contributed by atoms with Crippen molar-refractivity contribution in [2.45, 2.75) is 6.54 Å². The number of nitrogens with zero attached hydrogens (tertiary/aromatic N) is 1. The maximum Gasteiger partial charge on any atom is 0.240 e. The number of anilines is 1. The van der Waals surface area contributed by atoms with Crippen molar-refractivity contribution in [2.24, 2.45) is 0 Å². The van der Waals surface area contributed by atoms with Gasteiger partial charge in [0.15, 0.2) is 0 Å². The second kappa shape index (κ2) is 6.71. The Bertz CT molecular complexity index is 511. The number of amides is 1. The molecule has 2 aromatic carbocycles. The average Bonchev–Trinajstić information content (AvgIpc) is 2.48. The van der Waals surface area contributed by atoms with Crippen LogP contribution >= 0.6 is 0 Å². The monoisotopic (exact) mass is 254 g/mol. The standard InChI is InChI=1S/C16H18N2O/c1-18(15-10-6-3-7-11-15)16(19)13-17-12-14-8-4-2-5-9-14/h2-11,17H,12-13H2,1H3. The van der Waals surface area contributed by atoms with Gasteiger partial charge in [0.2, 0.25) is 5.91 Å². The zero-order valence-corrected chi connectivity index (χ0v) is 11.0. The van der Waals surface area contributed by atoms with E-state index in [9.17, 15) is 4.79 Å². The summed E-state index contributed by atoms with van der Waals surface area (Å²) in [7, 11) is 1.79. The Morgan fingerprint density at radius 1 is 1.00 bits per heavy atom. The Kier molecular flexibility index (Phi) is 4.70. The number of para-hydroxylation sites is 1. The van der Waals surface area contributed by atoms with E-state index in [1.54, 1.807) is 11.9 Å². The fourth-order valence-electron chi connectivity index (χ4n) is 1.82. The Hall–Kier alpha value is -2.13. The lowest BCUT2D eigenvalue weighted by molar-refractivity contribution is -0.117. The van der Waals surface area contributed by atoms with E-state index in [0.717, 1.165) is 5.69 Å². The minimum Gasteiger partial charge on any atom is -0.314 e. The van der Waals surface area contributed by atoms with Crippen molar-refractivity contribution in [1.29, 1.82) is 0 Å². The van der Waals surface area contributed by atoms with E-state index in [-0.39, 0.29) is 5.91 Å². The molecule has 0 aliphatic heterocycles. The number of likely N-dealkylation sites (N-methyl/N-ethyl adjacent to an activating group) is 1. The molecule has 0 spiro atoms. The SMILES string of the molecule is CN(C(=O)CNCc1ccccc1)c1ccccc1. The third kappa shape index (κ3) is 3.93. The lowest BCUT2D eigenvalue weighted by atomic mass is 10.2. The van der Waals surface area contributed by atoms with Crippen LogP contribution in [0.4, 0.5) is 5.69 Å². The molecule has 0 saturated heterocycles. The molecular formula is C16H18N2O. The van der Waals surface area contributed by atoms with E-state index in [0.29, 0.717) is 13.1 Å². The molecule has 0 aliphatic rings. The van der Waals surface area contributed by atoms with E-state index < -0.39 is 0 Å². The van der Waals surface area contributed by atoms with Gasteiger partial charge in [-0.15, -0.1) is 0 Å². The highest BCUT2D eigenvalue weighted by Crippen LogP contribution is 2.10. The molecule has 98 valence electrons. The second-order valence-corrected chi connectivity index (χ2v) is 4.38. The molecule has 3 heteroatoms. The molecule has 19 heavy (non-hydrogen) atoms. The lowest BCUT2D eigenvalue weighted by Crippen LogP contribution is -2.35. The largest absolute Gasteiger partial charge is 0.314 e. The van der Waals surface area contributed by atoms with Crippen molar-refractivity contribution in [3.05, 3.63) is 66.2 Å². The molecule has 1 N–H and O–H groups in total. The fraction of sp³-hybridized carbons (Fsp3) is 0.188. The minimum absolute atomic E-state index is 0.0575. The van der Waals surface area contributed by atoms with Crippen molar-refractivity contribution in [3.8, 4) is 0 Å². The van der Waals surface area contributed by atoms with Gasteiger partial charge in [-0.05, 0) is 17.7 Å². The fourth-order valence-corrected chi connectivity index (χ4v) is 1.82. The highest BCUT2D eigenvalue weighted by Gasteiger charge is 2.09. The van der Waals surface area contributed by atoms with Gasteiger partial charge in [0, 0.05) is 19.3 Å². The summed E-state index contributed by atoms with van der Waals surface area (Å²) in [5, 5.41) is 3.16. The molecule has 0 aliphatic carbocycles. The van der Waals surface area contributed by atoms with Gasteiger partial charge in [0.25, 0.3) is 0 Å². The van der Waals surface area contributed by atoms with E-state index in [1.807, 2.05) is 60.7 Å². The van der Waals surface area contributed by atoms with E-state index in [2.05, 4.69) is 5.32 Å². The van der Waals surface area contributed by atoms with Gasteiger partial charge in [-0.2, -0.15) is 0 Å². The molecular weight excluding hydrogens is 236 g/mol. The van der Waals surface area contributed by atoms with E-state index in [4.69, 9.17) is 0 Å². The van der Waals surface area contributed by atoms with Crippen LogP contribution in [0.1, 0.15) is 5.56 Å². The van der Waals surface area contributed by atoms with Gasteiger partial charge in [-0.25, -0.2) is 0 Å². The first kappa shape index (κ1) is 13.3. The summed E-state index contributed by atoms with van der Waals surface area (Å²) in [4.78, 5) is 13.7. The predicted octanol–water partition coefficient (Wildman–Crippen LogP) is 2.44. The third-order valence-electron chi connectivity index (χ3n) is 2.97. The van der Waals surface area contributed by atoms with Gasteiger partial charge in [-0.3, -0.25) is 4.79 Å². The van der Waals surface area contributed by atoms with Crippen LogP contribution in [0.2, 0.25) is 0 Å². The number of nitrogens with one attached hydrogen (secondary N) is 1. The summed E-state index contributed by atoms with van der Waals surface area (Å²) in [6.07, 6.45) is 0. The second-order valence-electron chi connectivity index (χ2n) is 4.38. The van der Waals surface area contributed by atoms with Crippen molar-refractivity contribution in [2.75, 3.05) is 18.5 Å². The number of rotatable bonds is 5. The first-order valence-corrected chi connectivity index (χ1v) is 6.33. The van der Waals surface area contributed by atoms with Crippen LogP contribution in [-0.4, -0.2) is 19.5 Å². The van der Waals surface area contributed by atoms with Crippen LogP contribution in [0, 0.1) is 0 Å². The van der Waals surface area contributed by atoms with Gasteiger partial charge in [0.1, 0.15) is 0 Å². The average molecular weight is 254 g/mol. The Balaban J connectivity index is 1.82. The molecule has 0 fully saturated rings. The zero-order valence-electron chi connectivity index (χ0n) is 11.0. The lowest BCUT2D eigenvalue weighted by Gasteiger charge is -2.17. The Morgan fingerprint density at radius 3 is 2.21 bits per heavy atom. The smallest absolute Gasteiger partial charge is 0.240 e. The number of benzene rings is 2. The van der Waals surface area contributed by atoms with Gasteiger partial charge in [-0.1, -0.05) is 48.5 Å². The van der Waals surface area contributed by atoms with Gasteiger partial charge >= 0.3 is 0 Å². The first-order valence-electron chi connectivity index (χ1n) is 6.33. The zero-order chi connectivity index (χ0) is 13.5. The van der Waals surface area contributed by atoms with E-state index >= 15 is 0 Å². The van der Waals surface area contributed by atoms with Gasteiger partial charge in [0.05, 0.1) is 6.54 Å². The Morgan fingerprint density at radius 2 is 1.58 bits per heavy atom. The van der Waals surface area contributed by atoms with Crippen LogP contribution in [0.25, 0.3) is 0 Å². The molecule has 0 unspecified atom stereocenters. The summed E-state index contributed by atoms with van der Waals surface area (Å²) in [5.41, 5.74) is 2.09. The predicted molar refractivity (Wildman–Crippen MR) is 78.0 cm³/mol. The molecule has 0 radical (unpaired) electrons. The molecule has 0 atom stereocenters. The molecule has 0 aromatic heterocycles. The molecule has 1 amide bonds. The molecule has 2 aromatic rings. The normalized spacial score (nSPS) is 10.2. The van der Waals surface area contributed by atoms with Crippen LogP contribution in [-0.2, 0) is 11.3 Å². The maximum atomic E-state index is 12.0. The van der Waals surface area contributed by atoms with E-state index in [1.165, 1.54) is 5.56 Å². The first-order chi connectivity index (χ1) is 9.27. The summed E-state index contributed by atoms with van der Waals surface area (Å²) < 4.78 is 0. The quantitative estimate of drug-likeness (QED) is 0.889. The number of carbonyl (C=O) groups is 1. The molecule has 3 nitrogen and oxygen atoms in total. The maximum absolute atomic E-state index is 12.0. The topological polar surface area (TPSA) is 32.3 Å². The van der Waals surface area contributed by atoms with Crippen LogP contribution in [0.3, 0.4) is 0 Å². The minimum atomic E-state index is 0.0575. The van der Waals surface area contributed by atoms with Gasteiger partial charge < -0.3 is 10.2 Å². The summed E-state index contributed by atoms with van der Waals surface area (Å²) in [6, 6.07) is 19.7. The molecule has 0 heterocycles. The number of hydrogen-bond donors (Lipinski definition) is 1.